The van der Waals surface area contributed by atoms with Crippen LogP contribution in [-0.4, -0.2) is 29.6 Å². The van der Waals surface area contributed by atoms with Gasteiger partial charge in [0.05, 0.1) is 7.11 Å². The summed E-state index contributed by atoms with van der Waals surface area (Å²) >= 11 is 0. The quantitative estimate of drug-likeness (QED) is 0.568. The minimum absolute atomic E-state index is 0.0118. The van der Waals surface area contributed by atoms with Gasteiger partial charge in [0.2, 0.25) is 0 Å². The Morgan fingerprint density at radius 2 is 2.12 bits per heavy atom. The molecule has 1 aromatic rings. The van der Waals surface area contributed by atoms with Gasteiger partial charge < -0.3 is 4.74 Å². The molecule has 0 bridgehead atoms. The minimum atomic E-state index is -0.0755. The number of benzene rings is 1. The number of nitrogens with zero attached hydrogens (tertiary/aromatic N) is 1. The second kappa shape index (κ2) is 3.32. The number of methoxy groups -OCH3 is 1. The molecule has 0 N–H and O–H groups in total. The largest absolute Gasteiger partial charge is 0.468 e. The minimum Gasteiger partial charge on any atom is -0.468 e. The lowest BCUT2D eigenvalue weighted by atomic mass is 10.2. The van der Waals surface area contributed by atoms with Crippen LogP contribution in [0.1, 0.15) is 18.4 Å². The first kappa shape index (κ1) is 9.85. The molecule has 1 aliphatic heterocycles. The van der Waals surface area contributed by atoms with Crippen LogP contribution in [0.4, 0.5) is 0 Å². The summed E-state index contributed by atoms with van der Waals surface area (Å²) in [6.07, 6.45) is 2.28. The van der Waals surface area contributed by atoms with Crippen LogP contribution in [0, 0.1) is 0 Å². The molecule has 0 aromatic heterocycles. The monoisotopic (exact) mass is 217 g/mol. The Morgan fingerprint density at radius 1 is 1.44 bits per heavy atom. The fraction of sp³-hybridized carbons (Fsp3) is 0.462. The van der Waals surface area contributed by atoms with Crippen LogP contribution in [0.25, 0.3) is 0 Å². The van der Waals surface area contributed by atoms with Gasteiger partial charge in [-0.1, -0.05) is 30.3 Å². The molecule has 2 aliphatic rings. The number of carbonyl (C=O) groups is 1. The fourth-order valence-electron chi connectivity index (χ4n) is 2.61. The topological polar surface area (TPSA) is 29.3 Å². The summed E-state index contributed by atoms with van der Waals surface area (Å²) in [6.45, 7) is 0.862. The van der Waals surface area contributed by atoms with E-state index in [1.807, 2.05) is 18.2 Å². The van der Waals surface area contributed by atoms with Crippen LogP contribution >= 0.6 is 0 Å². The maximum absolute atomic E-state index is 11.6. The van der Waals surface area contributed by atoms with E-state index in [9.17, 15) is 4.79 Å². The summed E-state index contributed by atoms with van der Waals surface area (Å²) in [5, 5.41) is 0. The zero-order chi connectivity index (χ0) is 11.2. The molecule has 1 aromatic carbocycles. The first-order valence-electron chi connectivity index (χ1n) is 5.66. The third kappa shape index (κ3) is 1.35. The Kier molecular flexibility index (Phi) is 2.04. The van der Waals surface area contributed by atoms with Gasteiger partial charge in [-0.2, -0.15) is 0 Å². The average molecular weight is 217 g/mol. The zero-order valence-electron chi connectivity index (χ0n) is 9.35. The predicted octanol–water partition coefficient (Wildman–Crippen LogP) is 1.58. The standard InChI is InChI=1S/C13H15NO2/c1-16-12(15)11-13(7-8-13)14(11)9-10-5-3-2-4-6-10/h2-6,11H,7-9H2,1H3. The third-order valence-corrected chi connectivity index (χ3v) is 3.71. The van der Waals surface area contributed by atoms with Crippen molar-refractivity contribution in [2.24, 2.45) is 0 Å². The Morgan fingerprint density at radius 3 is 2.69 bits per heavy atom. The molecular formula is C13H15NO2. The van der Waals surface area contributed by atoms with E-state index in [1.165, 1.54) is 12.7 Å². The lowest BCUT2D eigenvalue weighted by molar-refractivity contribution is -0.141. The van der Waals surface area contributed by atoms with Gasteiger partial charge in [0, 0.05) is 12.1 Å². The molecule has 16 heavy (non-hydrogen) atoms. The number of hydrogen-bond donors (Lipinski definition) is 0. The lowest BCUT2D eigenvalue weighted by Gasteiger charge is -2.03. The van der Waals surface area contributed by atoms with Gasteiger partial charge in [0.25, 0.3) is 0 Å². The van der Waals surface area contributed by atoms with Gasteiger partial charge in [0.15, 0.2) is 0 Å². The third-order valence-electron chi connectivity index (χ3n) is 3.71. The lowest BCUT2D eigenvalue weighted by Crippen LogP contribution is -2.14. The molecule has 1 spiro atoms. The highest BCUT2D eigenvalue weighted by Crippen LogP contribution is 2.60. The molecule has 2 unspecified atom stereocenters. The van der Waals surface area contributed by atoms with E-state index >= 15 is 0 Å². The molecule has 3 heteroatoms. The van der Waals surface area contributed by atoms with Crippen molar-refractivity contribution < 1.29 is 9.53 Å². The van der Waals surface area contributed by atoms with Gasteiger partial charge in [-0.25, -0.2) is 0 Å². The average Bonchev–Trinajstić information content (AvgIpc) is 3.21. The van der Waals surface area contributed by atoms with Crippen molar-refractivity contribution in [1.29, 1.82) is 0 Å². The van der Waals surface area contributed by atoms with E-state index in [0.29, 0.717) is 0 Å². The maximum Gasteiger partial charge on any atom is 0.325 e. The van der Waals surface area contributed by atoms with Crippen LogP contribution in [0.3, 0.4) is 0 Å². The summed E-state index contributed by atoms with van der Waals surface area (Å²) in [6, 6.07) is 10.3. The molecule has 1 aliphatic carbocycles. The summed E-state index contributed by atoms with van der Waals surface area (Å²) in [4.78, 5) is 13.8. The van der Waals surface area contributed by atoms with Crippen molar-refractivity contribution in [2.45, 2.75) is 31.0 Å². The Balaban J connectivity index is 1.71. The SMILES string of the molecule is COC(=O)C1N(Cc2ccccc2)C12CC2. The predicted molar refractivity (Wildman–Crippen MR) is 59.8 cm³/mol. The summed E-state index contributed by atoms with van der Waals surface area (Å²) in [5.74, 6) is -0.0755. The molecule has 2 atom stereocenters. The van der Waals surface area contributed by atoms with Gasteiger partial charge in [0.1, 0.15) is 6.04 Å². The van der Waals surface area contributed by atoms with E-state index in [2.05, 4.69) is 17.0 Å². The molecule has 1 saturated carbocycles. The van der Waals surface area contributed by atoms with Gasteiger partial charge >= 0.3 is 5.97 Å². The summed E-state index contributed by atoms with van der Waals surface area (Å²) < 4.78 is 4.84. The second-order valence-electron chi connectivity index (χ2n) is 4.64. The zero-order valence-corrected chi connectivity index (χ0v) is 9.35. The maximum atomic E-state index is 11.6. The molecule has 2 fully saturated rings. The molecule has 0 radical (unpaired) electrons. The number of esters is 1. The van der Waals surface area contributed by atoms with Crippen LogP contribution in [0.5, 0.6) is 0 Å². The molecule has 1 saturated heterocycles. The number of carbonyl (C=O) groups excluding carboxylic acids is 1. The second-order valence-corrected chi connectivity index (χ2v) is 4.64. The van der Waals surface area contributed by atoms with Crippen molar-refractivity contribution in [3.63, 3.8) is 0 Å². The summed E-state index contributed by atoms with van der Waals surface area (Å²) in [7, 11) is 1.47. The van der Waals surface area contributed by atoms with Crippen LogP contribution in [0.15, 0.2) is 30.3 Å². The van der Waals surface area contributed by atoms with E-state index in [1.54, 1.807) is 0 Å². The summed E-state index contributed by atoms with van der Waals surface area (Å²) in [5.41, 5.74) is 1.43. The highest BCUT2D eigenvalue weighted by Gasteiger charge is 2.73. The molecule has 1 heterocycles. The van der Waals surface area contributed by atoms with Gasteiger partial charge in [-0.05, 0) is 18.4 Å². The van der Waals surface area contributed by atoms with Crippen molar-refractivity contribution in [1.82, 2.24) is 4.90 Å². The van der Waals surface area contributed by atoms with Crippen LogP contribution in [0.2, 0.25) is 0 Å². The molecular weight excluding hydrogens is 202 g/mol. The van der Waals surface area contributed by atoms with Crippen LogP contribution < -0.4 is 0 Å². The van der Waals surface area contributed by atoms with E-state index in [4.69, 9.17) is 4.74 Å². The van der Waals surface area contributed by atoms with E-state index in [-0.39, 0.29) is 17.6 Å². The first-order valence-corrected chi connectivity index (χ1v) is 5.66. The van der Waals surface area contributed by atoms with Gasteiger partial charge in [-0.3, -0.25) is 9.69 Å². The first-order chi connectivity index (χ1) is 7.78. The molecule has 0 amide bonds. The van der Waals surface area contributed by atoms with Crippen molar-refractivity contribution in [3.05, 3.63) is 35.9 Å². The normalized spacial score (nSPS) is 28.8. The molecule has 3 nitrogen and oxygen atoms in total. The molecule has 84 valence electrons. The number of ether oxygens (including phenoxy) is 1. The Labute approximate surface area is 95.0 Å². The number of hydrogen-bond acceptors (Lipinski definition) is 3. The number of rotatable bonds is 3. The van der Waals surface area contributed by atoms with Crippen LogP contribution in [-0.2, 0) is 16.1 Å². The van der Waals surface area contributed by atoms with Crippen molar-refractivity contribution in [3.8, 4) is 0 Å². The Hall–Kier alpha value is -1.35. The smallest absolute Gasteiger partial charge is 0.325 e. The van der Waals surface area contributed by atoms with Crippen molar-refractivity contribution in [2.75, 3.05) is 7.11 Å². The van der Waals surface area contributed by atoms with E-state index < -0.39 is 0 Å². The van der Waals surface area contributed by atoms with E-state index in [0.717, 1.165) is 19.4 Å². The fourth-order valence-corrected chi connectivity index (χ4v) is 2.61. The molecule has 3 rings (SSSR count). The van der Waals surface area contributed by atoms with Crippen molar-refractivity contribution >= 4 is 5.97 Å². The Bertz CT molecular complexity index is 411. The highest BCUT2D eigenvalue weighted by atomic mass is 16.5. The van der Waals surface area contributed by atoms with Gasteiger partial charge in [-0.15, -0.1) is 0 Å². The highest BCUT2D eigenvalue weighted by molar-refractivity contribution is 5.83.